The van der Waals surface area contributed by atoms with Crippen LogP contribution in [0.4, 0.5) is 4.79 Å². The predicted octanol–water partition coefficient (Wildman–Crippen LogP) is 2.95. The van der Waals surface area contributed by atoms with Gasteiger partial charge in [0.15, 0.2) is 0 Å². The first-order valence-corrected chi connectivity index (χ1v) is 6.95. The predicted molar refractivity (Wildman–Crippen MR) is 79.8 cm³/mol. The Hall–Kier alpha value is -2.04. The molecule has 5 heteroatoms. The van der Waals surface area contributed by atoms with Crippen molar-refractivity contribution in [2.45, 2.75) is 46.3 Å². The average Bonchev–Trinajstić information content (AvgIpc) is 2.35. The van der Waals surface area contributed by atoms with Gasteiger partial charge in [-0.25, -0.2) is 4.79 Å². The van der Waals surface area contributed by atoms with Gasteiger partial charge in [-0.1, -0.05) is 24.3 Å². The van der Waals surface area contributed by atoms with E-state index in [1.165, 1.54) is 0 Å². The largest absolute Gasteiger partial charge is 0.461 e. The molecule has 1 amide bonds. The van der Waals surface area contributed by atoms with Crippen molar-refractivity contribution < 1.29 is 19.1 Å². The minimum atomic E-state index is -0.546. The van der Waals surface area contributed by atoms with E-state index in [4.69, 9.17) is 9.47 Å². The van der Waals surface area contributed by atoms with Gasteiger partial charge in [0.05, 0.1) is 6.42 Å². The Kier molecular flexibility index (Phi) is 6.21. The Labute approximate surface area is 125 Å². The maximum atomic E-state index is 11.6. The number of amides is 1. The van der Waals surface area contributed by atoms with Crippen molar-refractivity contribution in [3.8, 4) is 0 Å². The van der Waals surface area contributed by atoms with Crippen LogP contribution in [0.15, 0.2) is 24.3 Å². The summed E-state index contributed by atoms with van der Waals surface area (Å²) in [6.07, 6.45) is -0.417. The van der Waals surface area contributed by atoms with Gasteiger partial charge < -0.3 is 14.8 Å². The number of carbonyl (C=O) groups excluding carboxylic acids is 2. The molecule has 0 aliphatic rings. The first kappa shape index (κ1) is 17.0. The molecule has 0 spiro atoms. The molecule has 1 aromatic rings. The molecule has 0 saturated carbocycles. The lowest BCUT2D eigenvalue weighted by molar-refractivity contribution is -0.144. The highest BCUT2D eigenvalue weighted by molar-refractivity contribution is 5.72. The highest BCUT2D eigenvalue weighted by atomic mass is 16.6. The average molecular weight is 293 g/mol. The number of ether oxygens (including phenoxy) is 2. The van der Waals surface area contributed by atoms with Crippen molar-refractivity contribution in [3.05, 3.63) is 35.4 Å². The normalized spacial score (nSPS) is 10.9. The quantitative estimate of drug-likeness (QED) is 0.848. The molecular weight excluding hydrogens is 270 g/mol. The Morgan fingerprint density at radius 2 is 1.86 bits per heavy atom. The van der Waals surface area contributed by atoms with E-state index >= 15 is 0 Å². The number of esters is 1. The van der Waals surface area contributed by atoms with Gasteiger partial charge in [0.1, 0.15) is 12.2 Å². The fourth-order valence-corrected chi connectivity index (χ4v) is 1.58. The monoisotopic (exact) mass is 293 g/mol. The zero-order valence-electron chi connectivity index (χ0n) is 13.1. The first-order valence-electron chi connectivity index (χ1n) is 6.95. The van der Waals surface area contributed by atoms with Crippen LogP contribution >= 0.6 is 0 Å². The highest BCUT2D eigenvalue weighted by Crippen LogP contribution is 2.09. The summed E-state index contributed by atoms with van der Waals surface area (Å²) in [5.74, 6) is -0.352. The molecule has 0 aromatic heterocycles. The third-order valence-electron chi connectivity index (χ3n) is 2.65. The van der Waals surface area contributed by atoms with E-state index in [-0.39, 0.29) is 25.5 Å². The van der Waals surface area contributed by atoms with Gasteiger partial charge in [-0.2, -0.15) is 0 Å². The number of hydrogen-bond donors (Lipinski definition) is 1. The number of alkyl carbamates (subject to hydrolysis) is 1. The standard InChI is InChI=1S/C16H23NO4/c1-12-7-5-6-8-13(12)11-20-14(18)9-10-17-15(19)21-16(2,3)4/h5-8H,9-11H2,1-4H3,(H,17,19). The second-order valence-electron chi connectivity index (χ2n) is 5.77. The number of hydrogen-bond acceptors (Lipinski definition) is 4. The molecule has 1 rings (SSSR count). The van der Waals surface area contributed by atoms with Crippen molar-refractivity contribution in [3.63, 3.8) is 0 Å². The minimum Gasteiger partial charge on any atom is -0.461 e. The van der Waals surface area contributed by atoms with Crippen LogP contribution in [0, 0.1) is 6.92 Å². The van der Waals surface area contributed by atoms with E-state index in [1.54, 1.807) is 20.8 Å². The SMILES string of the molecule is Cc1ccccc1COC(=O)CCNC(=O)OC(C)(C)C. The van der Waals surface area contributed by atoms with Crippen LogP contribution < -0.4 is 5.32 Å². The van der Waals surface area contributed by atoms with Gasteiger partial charge in [0.2, 0.25) is 0 Å². The molecule has 0 fully saturated rings. The second kappa shape index (κ2) is 7.67. The van der Waals surface area contributed by atoms with Crippen molar-refractivity contribution in [2.24, 2.45) is 0 Å². The maximum absolute atomic E-state index is 11.6. The van der Waals surface area contributed by atoms with Gasteiger partial charge in [0.25, 0.3) is 0 Å². The molecular formula is C16H23NO4. The molecule has 5 nitrogen and oxygen atoms in total. The molecule has 21 heavy (non-hydrogen) atoms. The van der Waals surface area contributed by atoms with Crippen LogP contribution in [0.25, 0.3) is 0 Å². The smallest absolute Gasteiger partial charge is 0.407 e. The van der Waals surface area contributed by atoms with Crippen LogP contribution in [-0.4, -0.2) is 24.2 Å². The van der Waals surface area contributed by atoms with Crippen LogP contribution in [0.2, 0.25) is 0 Å². The van der Waals surface area contributed by atoms with Gasteiger partial charge >= 0.3 is 12.1 Å². The van der Waals surface area contributed by atoms with E-state index in [9.17, 15) is 9.59 Å². The molecule has 0 aliphatic carbocycles. The van der Waals surface area contributed by atoms with Gasteiger partial charge in [-0.05, 0) is 38.8 Å². The summed E-state index contributed by atoms with van der Waals surface area (Å²) in [6.45, 7) is 7.75. The van der Waals surface area contributed by atoms with Crippen molar-refractivity contribution >= 4 is 12.1 Å². The molecule has 116 valence electrons. The Bertz CT molecular complexity index is 491. The number of rotatable bonds is 5. The van der Waals surface area contributed by atoms with Gasteiger partial charge in [0, 0.05) is 6.54 Å². The summed E-state index contributed by atoms with van der Waals surface area (Å²) in [6, 6.07) is 7.72. The Balaban J connectivity index is 2.23. The molecule has 0 aliphatic heterocycles. The molecule has 0 heterocycles. The molecule has 0 unspecified atom stereocenters. The van der Waals surface area contributed by atoms with Crippen LogP contribution in [-0.2, 0) is 20.9 Å². The van der Waals surface area contributed by atoms with Crippen LogP contribution in [0.3, 0.4) is 0 Å². The van der Waals surface area contributed by atoms with E-state index < -0.39 is 11.7 Å². The lowest BCUT2D eigenvalue weighted by Crippen LogP contribution is -2.33. The Morgan fingerprint density at radius 1 is 1.19 bits per heavy atom. The molecule has 0 radical (unpaired) electrons. The topological polar surface area (TPSA) is 64.6 Å². The van der Waals surface area contributed by atoms with Gasteiger partial charge in [-0.15, -0.1) is 0 Å². The molecule has 1 N–H and O–H groups in total. The number of aryl methyl sites for hydroxylation is 1. The molecule has 1 aromatic carbocycles. The van der Waals surface area contributed by atoms with E-state index in [0.717, 1.165) is 11.1 Å². The summed E-state index contributed by atoms with van der Waals surface area (Å²) in [5.41, 5.74) is 1.51. The van der Waals surface area contributed by atoms with Crippen LogP contribution in [0.5, 0.6) is 0 Å². The van der Waals surface area contributed by atoms with E-state index in [0.29, 0.717) is 0 Å². The maximum Gasteiger partial charge on any atom is 0.407 e. The van der Waals surface area contributed by atoms with Crippen molar-refractivity contribution in [2.75, 3.05) is 6.54 Å². The number of carbonyl (C=O) groups is 2. The fourth-order valence-electron chi connectivity index (χ4n) is 1.58. The van der Waals surface area contributed by atoms with E-state index in [1.807, 2.05) is 31.2 Å². The molecule has 0 saturated heterocycles. The molecule has 0 atom stereocenters. The number of nitrogens with one attached hydrogen (secondary N) is 1. The summed E-state index contributed by atoms with van der Waals surface area (Å²) < 4.78 is 10.2. The minimum absolute atomic E-state index is 0.116. The second-order valence-corrected chi connectivity index (χ2v) is 5.77. The Morgan fingerprint density at radius 3 is 2.48 bits per heavy atom. The highest BCUT2D eigenvalue weighted by Gasteiger charge is 2.16. The summed E-state index contributed by atoms with van der Waals surface area (Å²) in [7, 11) is 0. The van der Waals surface area contributed by atoms with E-state index in [2.05, 4.69) is 5.32 Å². The fraction of sp³-hybridized carbons (Fsp3) is 0.500. The van der Waals surface area contributed by atoms with Crippen molar-refractivity contribution in [1.29, 1.82) is 0 Å². The van der Waals surface area contributed by atoms with Crippen molar-refractivity contribution in [1.82, 2.24) is 5.32 Å². The summed E-state index contributed by atoms with van der Waals surface area (Å²) in [4.78, 5) is 23.0. The first-order chi connectivity index (χ1) is 9.78. The van der Waals surface area contributed by atoms with Crippen LogP contribution in [0.1, 0.15) is 38.3 Å². The molecule has 0 bridgehead atoms. The number of benzene rings is 1. The lowest BCUT2D eigenvalue weighted by Gasteiger charge is -2.19. The summed E-state index contributed by atoms with van der Waals surface area (Å²) >= 11 is 0. The zero-order chi connectivity index (χ0) is 15.9. The summed E-state index contributed by atoms with van der Waals surface area (Å²) in [5, 5.41) is 2.52. The van der Waals surface area contributed by atoms with Gasteiger partial charge in [-0.3, -0.25) is 4.79 Å². The third kappa shape index (κ3) is 7.34. The lowest BCUT2D eigenvalue weighted by atomic mass is 10.1. The zero-order valence-corrected chi connectivity index (χ0v) is 13.1. The third-order valence-corrected chi connectivity index (χ3v) is 2.65.